The second kappa shape index (κ2) is 16.9. The molecule has 0 radical (unpaired) electrons. The molecular formula is C51H73OP. The Bertz CT molecular complexity index is 1560. The third-order valence-electron chi connectivity index (χ3n) is 13.6. The number of carbonyl (C=O) groups is 1. The average Bonchev–Trinajstić information content (AvgIpc) is 3.85. The summed E-state index contributed by atoms with van der Waals surface area (Å²) >= 11 is 0. The molecule has 0 bridgehead atoms. The van der Waals surface area contributed by atoms with Crippen LogP contribution in [-0.2, 0) is 4.79 Å². The van der Waals surface area contributed by atoms with Crippen LogP contribution in [0.15, 0.2) is 42.5 Å². The Hall–Kier alpha value is -2.24. The normalized spacial score (nSPS) is 21.9. The molecule has 0 amide bonds. The van der Waals surface area contributed by atoms with E-state index in [0.717, 1.165) is 12.8 Å². The van der Waals surface area contributed by atoms with E-state index < -0.39 is 7.92 Å². The number of Topliss-reactive ketones (excluding diaryl/α,β-unsaturated/α-hetero) is 1. The summed E-state index contributed by atoms with van der Waals surface area (Å²) in [5.41, 5.74) is 16.0. The quantitative estimate of drug-likeness (QED) is 0.179. The second-order valence-corrected chi connectivity index (χ2v) is 21.9. The highest BCUT2D eigenvalue weighted by atomic mass is 31.1. The molecule has 1 aliphatic heterocycles. The van der Waals surface area contributed by atoms with Crippen molar-refractivity contribution in [3.8, 4) is 22.3 Å². The Labute approximate surface area is 326 Å². The van der Waals surface area contributed by atoms with Gasteiger partial charge in [-0.25, -0.2) is 0 Å². The first-order chi connectivity index (χ1) is 25.2. The van der Waals surface area contributed by atoms with E-state index in [-0.39, 0.29) is 0 Å². The minimum Gasteiger partial charge on any atom is -0.300 e. The van der Waals surface area contributed by atoms with E-state index in [0.29, 0.717) is 64.4 Å². The van der Waals surface area contributed by atoms with Gasteiger partial charge in [-0.3, -0.25) is 4.79 Å². The molecule has 0 spiro atoms. The molecule has 288 valence electrons. The highest BCUT2D eigenvalue weighted by Gasteiger charge is 2.47. The SMILES string of the molecule is CC(C)c1cc(C(C)C)c(-c2cccc(-c3c(C(C)C)cc(C(C)C)cc3C(C)C)c2P2C(C3CCCC3)CC(=O)CC2C2CCCC2)c(C(C)C)c1. The molecular weight excluding hydrogens is 660 g/mol. The minimum atomic E-state index is -0.619. The number of carbonyl (C=O) groups excluding carboxylic acids is 1. The summed E-state index contributed by atoms with van der Waals surface area (Å²) in [7, 11) is -0.619. The highest BCUT2D eigenvalue weighted by molar-refractivity contribution is 7.68. The van der Waals surface area contributed by atoms with E-state index in [2.05, 4.69) is 126 Å². The maximum absolute atomic E-state index is 14.1. The summed E-state index contributed by atoms with van der Waals surface area (Å²) in [6, 6.07) is 17.8. The van der Waals surface area contributed by atoms with Crippen LogP contribution in [-0.4, -0.2) is 17.1 Å². The van der Waals surface area contributed by atoms with Gasteiger partial charge in [0.25, 0.3) is 0 Å². The lowest BCUT2D eigenvalue weighted by Gasteiger charge is -2.46. The minimum absolute atomic E-state index is 0.414. The molecule has 2 saturated carbocycles. The fourth-order valence-corrected chi connectivity index (χ4v) is 14.9. The first-order valence-corrected chi connectivity index (χ1v) is 23.5. The Morgan fingerprint density at radius 3 is 1.09 bits per heavy atom. The maximum atomic E-state index is 14.1. The highest BCUT2D eigenvalue weighted by Crippen LogP contribution is 2.63. The van der Waals surface area contributed by atoms with Crippen molar-refractivity contribution in [1.29, 1.82) is 0 Å². The van der Waals surface area contributed by atoms with E-state index in [1.165, 1.54) is 107 Å². The maximum Gasteiger partial charge on any atom is 0.134 e. The van der Waals surface area contributed by atoms with Gasteiger partial charge in [0.05, 0.1) is 0 Å². The lowest BCUT2D eigenvalue weighted by Crippen LogP contribution is -2.39. The number of rotatable bonds is 11. The first-order valence-electron chi connectivity index (χ1n) is 22.0. The van der Waals surface area contributed by atoms with E-state index in [1.807, 2.05) is 0 Å². The number of benzene rings is 3. The van der Waals surface area contributed by atoms with Gasteiger partial charge in [0, 0.05) is 12.8 Å². The topological polar surface area (TPSA) is 17.1 Å². The van der Waals surface area contributed by atoms with Crippen molar-refractivity contribution in [2.45, 2.75) is 194 Å². The van der Waals surface area contributed by atoms with Crippen LogP contribution in [0.2, 0.25) is 0 Å². The summed E-state index contributed by atoms with van der Waals surface area (Å²) in [6.07, 6.45) is 12.2. The molecule has 1 nitrogen and oxygen atoms in total. The summed E-state index contributed by atoms with van der Waals surface area (Å²) in [6.45, 7) is 28.8. The van der Waals surface area contributed by atoms with Gasteiger partial charge in [0.2, 0.25) is 0 Å². The van der Waals surface area contributed by atoms with Gasteiger partial charge in [-0.2, -0.15) is 0 Å². The number of hydrogen-bond donors (Lipinski definition) is 0. The molecule has 2 heteroatoms. The van der Waals surface area contributed by atoms with E-state index in [1.54, 1.807) is 5.30 Å². The molecule has 3 aromatic carbocycles. The first kappa shape index (κ1) is 40.4. The second-order valence-electron chi connectivity index (χ2n) is 19.4. The predicted octanol–water partition coefficient (Wildman–Crippen LogP) is 15.3. The van der Waals surface area contributed by atoms with Crippen LogP contribution in [0, 0.1) is 11.8 Å². The van der Waals surface area contributed by atoms with Crippen LogP contribution >= 0.6 is 7.92 Å². The average molecular weight is 733 g/mol. The van der Waals surface area contributed by atoms with Gasteiger partial charge >= 0.3 is 0 Å². The molecule has 2 unspecified atom stereocenters. The van der Waals surface area contributed by atoms with Gasteiger partial charge in [0.15, 0.2) is 0 Å². The molecule has 0 aromatic heterocycles. The van der Waals surface area contributed by atoms with Gasteiger partial charge in [-0.05, 0) is 145 Å². The van der Waals surface area contributed by atoms with Crippen molar-refractivity contribution in [3.63, 3.8) is 0 Å². The zero-order valence-electron chi connectivity index (χ0n) is 35.7. The Morgan fingerprint density at radius 1 is 0.491 bits per heavy atom. The molecule has 0 N–H and O–H groups in total. The van der Waals surface area contributed by atoms with Crippen molar-refractivity contribution >= 4 is 19.0 Å². The van der Waals surface area contributed by atoms with E-state index >= 15 is 0 Å². The fraction of sp³-hybridized carbons (Fsp3) is 0.627. The Kier molecular flexibility index (Phi) is 12.9. The molecule has 3 fully saturated rings. The molecule has 3 aliphatic rings. The van der Waals surface area contributed by atoms with Crippen molar-refractivity contribution in [2.24, 2.45) is 11.8 Å². The van der Waals surface area contributed by atoms with Crippen LogP contribution < -0.4 is 5.30 Å². The van der Waals surface area contributed by atoms with Crippen LogP contribution in [0.3, 0.4) is 0 Å². The summed E-state index contributed by atoms with van der Waals surface area (Å²) < 4.78 is 0. The van der Waals surface area contributed by atoms with Crippen molar-refractivity contribution in [2.75, 3.05) is 0 Å². The Morgan fingerprint density at radius 2 is 0.811 bits per heavy atom. The zero-order chi connectivity index (χ0) is 38.3. The third-order valence-corrected chi connectivity index (χ3v) is 17.2. The molecule has 6 rings (SSSR count). The van der Waals surface area contributed by atoms with Crippen LogP contribution in [0.25, 0.3) is 22.3 Å². The number of ketones is 1. The van der Waals surface area contributed by atoms with Gasteiger partial charge < -0.3 is 0 Å². The van der Waals surface area contributed by atoms with Crippen molar-refractivity contribution in [3.05, 3.63) is 75.8 Å². The van der Waals surface area contributed by atoms with Gasteiger partial charge in [-0.15, -0.1) is 0 Å². The monoisotopic (exact) mass is 733 g/mol. The fourth-order valence-electron chi connectivity index (χ4n) is 10.6. The predicted molar refractivity (Wildman–Crippen MR) is 234 cm³/mol. The molecule has 2 aliphatic carbocycles. The molecule has 53 heavy (non-hydrogen) atoms. The van der Waals surface area contributed by atoms with Crippen LogP contribution in [0.5, 0.6) is 0 Å². The van der Waals surface area contributed by atoms with Crippen molar-refractivity contribution < 1.29 is 4.79 Å². The zero-order valence-corrected chi connectivity index (χ0v) is 36.6. The van der Waals surface area contributed by atoms with E-state index in [4.69, 9.17) is 0 Å². The lowest BCUT2D eigenvalue weighted by molar-refractivity contribution is -0.119. The van der Waals surface area contributed by atoms with Crippen LogP contribution in [0.4, 0.5) is 0 Å². The number of hydrogen-bond acceptors (Lipinski definition) is 1. The molecule has 1 heterocycles. The summed E-state index contributed by atoms with van der Waals surface area (Å²) in [5.74, 6) is 4.54. The summed E-state index contributed by atoms with van der Waals surface area (Å²) in [5, 5.41) is 1.67. The van der Waals surface area contributed by atoms with Crippen molar-refractivity contribution in [1.82, 2.24) is 0 Å². The molecule has 1 saturated heterocycles. The smallest absolute Gasteiger partial charge is 0.134 e. The molecule has 2 atom stereocenters. The third kappa shape index (κ3) is 8.18. The van der Waals surface area contributed by atoms with Crippen LogP contribution in [0.1, 0.15) is 216 Å². The largest absolute Gasteiger partial charge is 0.300 e. The Balaban J connectivity index is 1.80. The standard InChI is InChI=1S/C51H73OP/c1-30(2)38-24-43(32(5)6)49(44(25-38)33(7)8)41-22-17-23-42(50-45(34(9)10)26-39(31(3)4)27-46(50)35(11)12)51(41)53-47(36-18-13-14-19-36)28-40(52)29-48(53)37-20-15-16-21-37/h17,22-27,30-37,47-48H,13-16,18-21,28-29H2,1-12H3. The van der Waals surface area contributed by atoms with Gasteiger partial charge in [-0.1, -0.05) is 159 Å². The summed E-state index contributed by atoms with van der Waals surface area (Å²) in [4.78, 5) is 14.1. The lowest BCUT2D eigenvalue weighted by atomic mass is 9.79. The van der Waals surface area contributed by atoms with Gasteiger partial charge in [0.1, 0.15) is 5.78 Å². The van der Waals surface area contributed by atoms with E-state index in [9.17, 15) is 4.79 Å². The molecule has 3 aromatic rings.